The van der Waals surface area contributed by atoms with Crippen LogP contribution in [0.1, 0.15) is 11.6 Å². The first kappa shape index (κ1) is 10.5. The topological polar surface area (TPSA) is 21.3 Å². The molecule has 2 aromatic carbocycles. The van der Waals surface area contributed by atoms with E-state index >= 15 is 0 Å². The SMILES string of the molecule is Clc1ccc([C@H]2COc3ccccc3N2)cc1. The molecule has 0 spiro atoms. The van der Waals surface area contributed by atoms with Gasteiger partial charge >= 0.3 is 0 Å². The maximum atomic E-state index is 5.88. The highest BCUT2D eigenvalue weighted by Gasteiger charge is 2.19. The van der Waals surface area contributed by atoms with E-state index in [9.17, 15) is 0 Å². The third-order valence-electron chi connectivity index (χ3n) is 2.89. The largest absolute Gasteiger partial charge is 0.489 e. The molecule has 0 saturated carbocycles. The van der Waals surface area contributed by atoms with E-state index in [1.165, 1.54) is 5.56 Å². The minimum atomic E-state index is 0.183. The van der Waals surface area contributed by atoms with Gasteiger partial charge in [0.25, 0.3) is 0 Å². The Balaban J connectivity index is 1.86. The van der Waals surface area contributed by atoms with Crippen LogP contribution in [0.5, 0.6) is 5.75 Å². The van der Waals surface area contributed by atoms with E-state index in [-0.39, 0.29) is 6.04 Å². The van der Waals surface area contributed by atoms with Gasteiger partial charge < -0.3 is 10.1 Å². The normalized spacial score (nSPS) is 17.8. The van der Waals surface area contributed by atoms with Gasteiger partial charge in [0.15, 0.2) is 0 Å². The molecule has 86 valence electrons. The molecule has 0 radical (unpaired) electrons. The number of para-hydroxylation sites is 2. The van der Waals surface area contributed by atoms with E-state index in [4.69, 9.17) is 16.3 Å². The monoisotopic (exact) mass is 245 g/mol. The molecule has 3 rings (SSSR count). The van der Waals surface area contributed by atoms with Crippen LogP contribution in [0.3, 0.4) is 0 Å². The zero-order valence-corrected chi connectivity index (χ0v) is 9.95. The Hall–Kier alpha value is -1.67. The molecule has 0 aromatic heterocycles. The van der Waals surface area contributed by atoms with E-state index in [0.29, 0.717) is 6.61 Å². The maximum Gasteiger partial charge on any atom is 0.142 e. The van der Waals surface area contributed by atoms with Crippen molar-refractivity contribution in [3.63, 3.8) is 0 Å². The van der Waals surface area contributed by atoms with E-state index < -0.39 is 0 Å². The first-order valence-electron chi connectivity index (χ1n) is 5.57. The molecule has 0 saturated heterocycles. The Bertz CT molecular complexity index is 524. The number of anilines is 1. The second-order valence-corrected chi connectivity index (χ2v) is 4.49. The van der Waals surface area contributed by atoms with E-state index in [1.807, 2.05) is 48.5 Å². The highest BCUT2D eigenvalue weighted by atomic mass is 35.5. The number of ether oxygens (including phenoxy) is 1. The van der Waals surface area contributed by atoms with Crippen LogP contribution in [0.25, 0.3) is 0 Å². The fourth-order valence-electron chi connectivity index (χ4n) is 1.99. The average Bonchev–Trinajstić information content (AvgIpc) is 2.39. The smallest absolute Gasteiger partial charge is 0.142 e. The molecule has 0 amide bonds. The number of fused-ring (bicyclic) bond motifs is 1. The molecule has 2 nitrogen and oxygen atoms in total. The molecular weight excluding hydrogens is 234 g/mol. The molecule has 0 bridgehead atoms. The van der Waals surface area contributed by atoms with Crippen molar-refractivity contribution in [2.45, 2.75) is 6.04 Å². The number of benzene rings is 2. The number of halogens is 1. The highest BCUT2D eigenvalue weighted by Crippen LogP contribution is 2.33. The summed E-state index contributed by atoms with van der Waals surface area (Å²) in [5.74, 6) is 0.915. The second kappa shape index (κ2) is 4.30. The van der Waals surface area contributed by atoms with Crippen molar-refractivity contribution in [1.29, 1.82) is 0 Å². The van der Waals surface area contributed by atoms with Gasteiger partial charge in [-0.05, 0) is 29.8 Å². The molecule has 1 heterocycles. The van der Waals surface area contributed by atoms with Crippen LogP contribution in [0.15, 0.2) is 48.5 Å². The molecule has 1 atom stereocenters. The predicted octanol–water partition coefficient (Wildman–Crippen LogP) is 3.89. The molecule has 17 heavy (non-hydrogen) atoms. The van der Waals surface area contributed by atoms with Crippen molar-refractivity contribution in [2.75, 3.05) is 11.9 Å². The summed E-state index contributed by atoms with van der Waals surface area (Å²) in [5.41, 5.74) is 2.22. The van der Waals surface area contributed by atoms with Gasteiger partial charge in [0.05, 0.1) is 11.7 Å². The molecule has 0 aliphatic carbocycles. The average molecular weight is 246 g/mol. The summed E-state index contributed by atoms with van der Waals surface area (Å²) < 4.78 is 5.73. The number of hydrogen-bond donors (Lipinski definition) is 1. The van der Waals surface area contributed by atoms with Crippen molar-refractivity contribution in [3.05, 3.63) is 59.1 Å². The molecule has 0 fully saturated rings. The number of rotatable bonds is 1. The Morgan fingerprint density at radius 3 is 2.65 bits per heavy atom. The Kier molecular flexibility index (Phi) is 2.65. The molecule has 3 heteroatoms. The Labute approximate surface area is 105 Å². The summed E-state index contributed by atoms with van der Waals surface area (Å²) >= 11 is 5.88. The summed E-state index contributed by atoms with van der Waals surface area (Å²) in [6, 6.07) is 16.0. The fraction of sp³-hybridized carbons (Fsp3) is 0.143. The second-order valence-electron chi connectivity index (χ2n) is 4.06. The van der Waals surface area contributed by atoms with Crippen molar-refractivity contribution in [2.24, 2.45) is 0 Å². The standard InChI is InChI=1S/C14H12ClNO/c15-11-7-5-10(6-8-11)13-9-17-14-4-2-1-3-12(14)16-13/h1-8,13,16H,9H2/t13-/m1/s1. The van der Waals surface area contributed by atoms with Crippen LogP contribution in [-0.2, 0) is 0 Å². The summed E-state index contributed by atoms with van der Waals surface area (Å²) in [4.78, 5) is 0. The minimum absolute atomic E-state index is 0.183. The summed E-state index contributed by atoms with van der Waals surface area (Å²) in [6.07, 6.45) is 0. The summed E-state index contributed by atoms with van der Waals surface area (Å²) in [5, 5.41) is 4.22. The first-order chi connectivity index (χ1) is 8.33. The molecule has 0 unspecified atom stereocenters. The lowest BCUT2D eigenvalue weighted by molar-refractivity contribution is 0.286. The maximum absolute atomic E-state index is 5.88. The lowest BCUT2D eigenvalue weighted by atomic mass is 10.1. The third kappa shape index (κ3) is 2.08. The minimum Gasteiger partial charge on any atom is -0.489 e. The van der Waals surface area contributed by atoms with E-state index in [2.05, 4.69) is 5.32 Å². The molecule has 1 aliphatic rings. The highest BCUT2D eigenvalue weighted by molar-refractivity contribution is 6.30. The lowest BCUT2D eigenvalue weighted by Gasteiger charge is -2.27. The Morgan fingerprint density at radius 2 is 1.82 bits per heavy atom. The predicted molar refractivity (Wildman–Crippen MR) is 69.8 cm³/mol. The zero-order valence-electron chi connectivity index (χ0n) is 9.19. The van der Waals surface area contributed by atoms with Gasteiger partial charge in [-0.15, -0.1) is 0 Å². The van der Waals surface area contributed by atoms with Crippen LogP contribution in [0.4, 0.5) is 5.69 Å². The molecular formula is C14H12ClNO. The van der Waals surface area contributed by atoms with Gasteiger partial charge in [0, 0.05) is 5.02 Å². The van der Waals surface area contributed by atoms with Crippen LogP contribution < -0.4 is 10.1 Å². The van der Waals surface area contributed by atoms with Gasteiger partial charge in [-0.2, -0.15) is 0 Å². The number of hydrogen-bond acceptors (Lipinski definition) is 2. The van der Waals surface area contributed by atoms with Crippen LogP contribution in [0, 0.1) is 0 Å². The van der Waals surface area contributed by atoms with Crippen molar-refractivity contribution in [3.8, 4) is 5.75 Å². The first-order valence-corrected chi connectivity index (χ1v) is 5.94. The van der Waals surface area contributed by atoms with Crippen molar-refractivity contribution >= 4 is 17.3 Å². The zero-order chi connectivity index (χ0) is 11.7. The van der Waals surface area contributed by atoms with Crippen LogP contribution in [0.2, 0.25) is 5.02 Å². The van der Waals surface area contributed by atoms with Crippen LogP contribution >= 0.6 is 11.6 Å². The summed E-state index contributed by atoms with van der Waals surface area (Å²) in [6.45, 7) is 0.638. The summed E-state index contributed by atoms with van der Waals surface area (Å²) in [7, 11) is 0. The van der Waals surface area contributed by atoms with Gasteiger partial charge in [-0.3, -0.25) is 0 Å². The molecule has 1 aliphatic heterocycles. The molecule has 1 N–H and O–H groups in total. The van der Waals surface area contributed by atoms with Crippen molar-refractivity contribution in [1.82, 2.24) is 0 Å². The van der Waals surface area contributed by atoms with Gasteiger partial charge in [-0.25, -0.2) is 0 Å². The quantitative estimate of drug-likeness (QED) is 0.823. The van der Waals surface area contributed by atoms with Crippen molar-refractivity contribution < 1.29 is 4.74 Å². The lowest BCUT2D eigenvalue weighted by Crippen LogP contribution is -2.23. The fourth-order valence-corrected chi connectivity index (χ4v) is 2.11. The van der Waals surface area contributed by atoms with E-state index in [0.717, 1.165) is 16.5 Å². The third-order valence-corrected chi connectivity index (χ3v) is 3.15. The number of nitrogens with one attached hydrogen (secondary N) is 1. The van der Waals surface area contributed by atoms with Gasteiger partial charge in [0.1, 0.15) is 12.4 Å². The van der Waals surface area contributed by atoms with Crippen LogP contribution in [-0.4, -0.2) is 6.61 Å². The molecule has 2 aromatic rings. The van der Waals surface area contributed by atoms with Gasteiger partial charge in [-0.1, -0.05) is 35.9 Å². The Morgan fingerprint density at radius 1 is 1.06 bits per heavy atom. The van der Waals surface area contributed by atoms with E-state index in [1.54, 1.807) is 0 Å². The van der Waals surface area contributed by atoms with Gasteiger partial charge in [0.2, 0.25) is 0 Å².